The number of hydrogen-bond acceptors (Lipinski definition) is 2. The molecule has 0 aliphatic rings. The normalized spacial score (nSPS) is 15.2. The van der Waals surface area contributed by atoms with Crippen LogP contribution >= 0.6 is 0 Å². The summed E-state index contributed by atoms with van der Waals surface area (Å²) in [6.07, 6.45) is 1.05. The summed E-state index contributed by atoms with van der Waals surface area (Å²) in [5.74, 6) is -1.24. The minimum atomic E-state index is -0.800. The van der Waals surface area contributed by atoms with Crippen LogP contribution in [0.2, 0.25) is 0 Å². The molecular formula is C9H16O3. The molecule has 0 rings (SSSR count). The Bertz CT molecular complexity index is 175. The average Bonchev–Trinajstić information content (AvgIpc) is 1.98. The van der Waals surface area contributed by atoms with Crippen molar-refractivity contribution in [2.45, 2.75) is 33.6 Å². The smallest absolute Gasteiger partial charge is 0.306 e. The molecule has 0 aliphatic carbocycles. The number of carbonyl (C=O) groups excluding carboxylic acids is 1. The maximum atomic E-state index is 10.8. The Kier molecular flexibility index (Phi) is 4.55. The van der Waals surface area contributed by atoms with Gasteiger partial charge < -0.3 is 5.11 Å². The fraction of sp³-hybridized carbons (Fsp3) is 0.778. The summed E-state index contributed by atoms with van der Waals surface area (Å²) >= 11 is 0. The lowest BCUT2D eigenvalue weighted by Gasteiger charge is -2.12. The first kappa shape index (κ1) is 11.1. The summed E-state index contributed by atoms with van der Waals surface area (Å²) in [6, 6.07) is 0. The summed E-state index contributed by atoms with van der Waals surface area (Å²) < 4.78 is 0. The highest BCUT2D eigenvalue weighted by molar-refractivity contribution is 5.79. The van der Waals surface area contributed by atoms with Crippen LogP contribution in [0.5, 0.6) is 0 Å². The van der Waals surface area contributed by atoms with Gasteiger partial charge in [-0.1, -0.05) is 13.8 Å². The quantitative estimate of drug-likeness (QED) is 0.686. The maximum Gasteiger partial charge on any atom is 0.306 e. The molecule has 3 nitrogen and oxygen atoms in total. The minimum absolute atomic E-state index is 0.0645. The number of Topliss-reactive ketones (excluding diaryl/α,β-unsaturated/α-hetero) is 1. The van der Waals surface area contributed by atoms with E-state index in [1.165, 1.54) is 6.92 Å². The summed E-state index contributed by atoms with van der Waals surface area (Å²) in [6.45, 7) is 5.10. The van der Waals surface area contributed by atoms with Crippen molar-refractivity contribution < 1.29 is 14.7 Å². The highest BCUT2D eigenvalue weighted by atomic mass is 16.4. The molecule has 0 radical (unpaired) electrons. The molecule has 0 aliphatic heterocycles. The number of aliphatic carboxylic acids is 1. The molecule has 0 saturated heterocycles. The van der Waals surface area contributed by atoms with E-state index >= 15 is 0 Å². The fourth-order valence-electron chi connectivity index (χ4n) is 1.03. The highest BCUT2D eigenvalue weighted by Gasteiger charge is 2.20. The van der Waals surface area contributed by atoms with Gasteiger partial charge in [0.1, 0.15) is 5.78 Å². The molecule has 3 heteroatoms. The van der Waals surface area contributed by atoms with Crippen molar-refractivity contribution in [1.29, 1.82) is 0 Å². The Morgan fingerprint density at radius 1 is 1.42 bits per heavy atom. The van der Waals surface area contributed by atoms with Gasteiger partial charge in [-0.2, -0.15) is 0 Å². The van der Waals surface area contributed by atoms with Gasteiger partial charge in [0, 0.05) is 5.92 Å². The monoisotopic (exact) mass is 172 g/mol. The topological polar surface area (TPSA) is 54.4 Å². The van der Waals surface area contributed by atoms with Gasteiger partial charge in [0.05, 0.1) is 5.92 Å². The van der Waals surface area contributed by atoms with Crippen LogP contribution in [0.3, 0.4) is 0 Å². The standard InChI is InChI=1S/C9H16O3/c1-4-8(9(11)12)5-6(2)7(3)10/h6,8H,4-5H2,1-3H3,(H,11,12). The Balaban J connectivity index is 4.02. The van der Waals surface area contributed by atoms with Crippen LogP contribution in [0.4, 0.5) is 0 Å². The second-order valence-corrected chi connectivity index (χ2v) is 3.19. The molecule has 0 heterocycles. The average molecular weight is 172 g/mol. The Morgan fingerprint density at radius 3 is 2.17 bits per heavy atom. The van der Waals surface area contributed by atoms with Crippen molar-refractivity contribution >= 4 is 11.8 Å². The van der Waals surface area contributed by atoms with Crippen LogP contribution in [-0.4, -0.2) is 16.9 Å². The first-order chi connectivity index (χ1) is 5.49. The van der Waals surface area contributed by atoms with E-state index in [1.54, 1.807) is 6.92 Å². The van der Waals surface area contributed by atoms with Gasteiger partial charge >= 0.3 is 5.97 Å². The highest BCUT2D eigenvalue weighted by Crippen LogP contribution is 2.16. The van der Waals surface area contributed by atoms with Crippen molar-refractivity contribution in [2.24, 2.45) is 11.8 Å². The van der Waals surface area contributed by atoms with Crippen LogP contribution in [0.15, 0.2) is 0 Å². The third kappa shape index (κ3) is 3.51. The Hall–Kier alpha value is -0.860. The zero-order valence-electron chi connectivity index (χ0n) is 7.83. The van der Waals surface area contributed by atoms with Crippen molar-refractivity contribution in [1.82, 2.24) is 0 Å². The van der Waals surface area contributed by atoms with Gasteiger partial charge in [-0.3, -0.25) is 9.59 Å². The number of hydrogen-bond donors (Lipinski definition) is 1. The van der Waals surface area contributed by atoms with Gasteiger partial charge in [0.25, 0.3) is 0 Å². The van der Waals surface area contributed by atoms with Gasteiger partial charge in [-0.25, -0.2) is 0 Å². The van der Waals surface area contributed by atoms with Gasteiger partial charge in [0.2, 0.25) is 0 Å². The van der Waals surface area contributed by atoms with Crippen LogP contribution in [0, 0.1) is 11.8 Å². The maximum absolute atomic E-state index is 10.8. The lowest BCUT2D eigenvalue weighted by Crippen LogP contribution is -2.19. The van der Waals surface area contributed by atoms with Crippen molar-refractivity contribution in [3.63, 3.8) is 0 Å². The Morgan fingerprint density at radius 2 is 1.92 bits per heavy atom. The fourth-order valence-corrected chi connectivity index (χ4v) is 1.03. The van der Waals surface area contributed by atoms with Crippen LogP contribution < -0.4 is 0 Å². The van der Waals surface area contributed by atoms with E-state index in [1.807, 2.05) is 6.92 Å². The number of ketones is 1. The number of carbonyl (C=O) groups is 2. The molecule has 0 aromatic heterocycles. The van der Waals surface area contributed by atoms with Gasteiger partial charge in [0.15, 0.2) is 0 Å². The lowest BCUT2D eigenvalue weighted by molar-refractivity contribution is -0.142. The predicted molar refractivity (Wildman–Crippen MR) is 45.9 cm³/mol. The van der Waals surface area contributed by atoms with Crippen LogP contribution in [-0.2, 0) is 9.59 Å². The molecular weight excluding hydrogens is 156 g/mol. The minimum Gasteiger partial charge on any atom is -0.481 e. The lowest BCUT2D eigenvalue weighted by atomic mass is 9.92. The molecule has 12 heavy (non-hydrogen) atoms. The number of rotatable bonds is 5. The van der Waals surface area contributed by atoms with E-state index < -0.39 is 5.97 Å². The third-order valence-corrected chi connectivity index (χ3v) is 2.17. The molecule has 0 aromatic rings. The zero-order valence-corrected chi connectivity index (χ0v) is 7.83. The van der Waals surface area contributed by atoms with E-state index in [0.717, 1.165) is 0 Å². The van der Waals surface area contributed by atoms with E-state index in [9.17, 15) is 9.59 Å². The van der Waals surface area contributed by atoms with Crippen molar-refractivity contribution in [2.75, 3.05) is 0 Å². The summed E-state index contributed by atoms with van der Waals surface area (Å²) in [4.78, 5) is 21.4. The molecule has 0 fully saturated rings. The molecule has 0 amide bonds. The second kappa shape index (κ2) is 4.91. The molecule has 0 spiro atoms. The summed E-state index contributed by atoms with van der Waals surface area (Å²) in [5.41, 5.74) is 0. The van der Waals surface area contributed by atoms with Crippen LogP contribution in [0.1, 0.15) is 33.6 Å². The van der Waals surface area contributed by atoms with Gasteiger partial charge in [-0.05, 0) is 19.8 Å². The SMILES string of the molecule is CCC(CC(C)C(C)=O)C(=O)O. The first-order valence-corrected chi connectivity index (χ1v) is 4.22. The molecule has 0 saturated carbocycles. The molecule has 1 N–H and O–H groups in total. The Labute approximate surface area is 72.8 Å². The first-order valence-electron chi connectivity index (χ1n) is 4.22. The number of carboxylic acid groups (broad SMARTS) is 1. The molecule has 0 bridgehead atoms. The third-order valence-electron chi connectivity index (χ3n) is 2.17. The molecule has 2 atom stereocenters. The summed E-state index contributed by atoms with van der Waals surface area (Å²) in [7, 11) is 0. The van der Waals surface area contributed by atoms with Gasteiger partial charge in [-0.15, -0.1) is 0 Å². The van der Waals surface area contributed by atoms with Crippen molar-refractivity contribution in [3.8, 4) is 0 Å². The molecule has 70 valence electrons. The van der Waals surface area contributed by atoms with E-state index in [-0.39, 0.29) is 17.6 Å². The van der Waals surface area contributed by atoms with E-state index in [0.29, 0.717) is 12.8 Å². The summed E-state index contributed by atoms with van der Waals surface area (Å²) in [5, 5.41) is 8.69. The molecule has 2 unspecified atom stereocenters. The molecule has 0 aromatic carbocycles. The largest absolute Gasteiger partial charge is 0.481 e. The van der Waals surface area contributed by atoms with Crippen molar-refractivity contribution in [3.05, 3.63) is 0 Å². The van der Waals surface area contributed by atoms with E-state index in [2.05, 4.69) is 0 Å². The number of carboxylic acids is 1. The van der Waals surface area contributed by atoms with Crippen LogP contribution in [0.25, 0.3) is 0 Å². The zero-order chi connectivity index (χ0) is 9.72. The predicted octanol–water partition coefficient (Wildman–Crippen LogP) is 1.71. The van der Waals surface area contributed by atoms with E-state index in [4.69, 9.17) is 5.11 Å². The second-order valence-electron chi connectivity index (χ2n) is 3.19.